The Morgan fingerprint density at radius 3 is 2.74 bits per heavy atom. The van der Waals surface area contributed by atoms with Gasteiger partial charge in [-0.2, -0.15) is 0 Å². The maximum atomic E-state index is 10.8. The van der Waals surface area contributed by atoms with E-state index in [1.807, 2.05) is 12.5 Å². The molecule has 1 aliphatic carbocycles. The van der Waals surface area contributed by atoms with Crippen LogP contribution >= 0.6 is 11.3 Å². The Labute approximate surface area is 118 Å². The van der Waals surface area contributed by atoms with E-state index in [0.717, 1.165) is 23.4 Å². The number of fused-ring (bicyclic) bond motifs is 1. The molecule has 0 aromatic carbocycles. The summed E-state index contributed by atoms with van der Waals surface area (Å²) >= 11 is 1.77. The Balaban J connectivity index is 2.01. The molecule has 1 fully saturated rings. The first kappa shape index (κ1) is 13.1. The molecular weight excluding hydrogens is 256 g/mol. The average Bonchev–Trinajstić information content (AvgIpc) is 2.98. The van der Waals surface area contributed by atoms with E-state index >= 15 is 0 Å². The molecule has 0 aliphatic heterocycles. The smallest absolute Gasteiger partial charge is 0.120 e. The minimum Gasteiger partial charge on any atom is -0.387 e. The van der Waals surface area contributed by atoms with Crippen molar-refractivity contribution >= 4 is 16.2 Å². The molecular formula is C15H22N2OS. The molecule has 0 amide bonds. The standard InChI is InChI=1S/C15H22N2OS/c1-10(2)15-13(17-9-16-8-12(17)19-15)14(18)11-6-4-3-5-7-11/h8-11,14,18H,3-7H2,1-2H3/t14-/m0/s1. The molecule has 3 rings (SSSR count). The fourth-order valence-corrected chi connectivity index (χ4v) is 4.34. The second kappa shape index (κ2) is 5.25. The molecule has 104 valence electrons. The number of hydrogen-bond acceptors (Lipinski definition) is 3. The summed E-state index contributed by atoms with van der Waals surface area (Å²) < 4.78 is 2.10. The van der Waals surface area contributed by atoms with Crippen molar-refractivity contribution in [3.05, 3.63) is 23.1 Å². The van der Waals surface area contributed by atoms with Crippen molar-refractivity contribution in [3.63, 3.8) is 0 Å². The normalized spacial score (nSPS) is 19.4. The quantitative estimate of drug-likeness (QED) is 0.916. The second-order valence-electron chi connectivity index (χ2n) is 5.95. The molecule has 4 heteroatoms. The predicted octanol–water partition coefficient (Wildman–Crippen LogP) is 4.13. The van der Waals surface area contributed by atoms with E-state index in [1.54, 1.807) is 11.3 Å². The van der Waals surface area contributed by atoms with Crippen LogP contribution in [0.3, 0.4) is 0 Å². The molecule has 1 saturated carbocycles. The van der Waals surface area contributed by atoms with E-state index in [2.05, 4.69) is 23.2 Å². The van der Waals surface area contributed by atoms with Crippen LogP contribution in [0.1, 0.15) is 68.5 Å². The summed E-state index contributed by atoms with van der Waals surface area (Å²) in [5.41, 5.74) is 1.10. The molecule has 0 bridgehead atoms. The van der Waals surface area contributed by atoms with Gasteiger partial charge in [0.1, 0.15) is 11.2 Å². The molecule has 2 heterocycles. The molecule has 0 saturated heterocycles. The van der Waals surface area contributed by atoms with Gasteiger partial charge in [0.15, 0.2) is 0 Å². The summed E-state index contributed by atoms with van der Waals surface area (Å²) in [6.07, 6.45) is 9.57. The van der Waals surface area contributed by atoms with Crippen molar-refractivity contribution in [1.29, 1.82) is 0 Å². The Bertz CT molecular complexity index is 551. The van der Waals surface area contributed by atoms with Crippen molar-refractivity contribution in [2.45, 2.75) is 58.0 Å². The van der Waals surface area contributed by atoms with Crippen LogP contribution in [0.15, 0.2) is 12.5 Å². The molecule has 1 aliphatic rings. The second-order valence-corrected chi connectivity index (χ2v) is 7.01. The molecule has 19 heavy (non-hydrogen) atoms. The number of aromatic nitrogens is 2. The maximum Gasteiger partial charge on any atom is 0.120 e. The highest BCUT2D eigenvalue weighted by Gasteiger charge is 2.29. The molecule has 0 radical (unpaired) electrons. The summed E-state index contributed by atoms with van der Waals surface area (Å²) in [7, 11) is 0. The van der Waals surface area contributed by atoms with E-state index in [1.165, 1.54) is 24.1 Å². The van der Waals surface area contributed by atoms with Crippen molar-refractivity contribution < 1.29 is 5.11 Å². The van der Waals surface area contributed by atoms with Gasteiger partial charge in [-0.25, -0.2) is 4.98 Å². The third kappa shape index (κ3) is 2.32. The van der Waals surface area contributed by atoms with Gasteiger partial charge in [-0.15, -0.1) is 11.3 Å². The van der Waals surface area contributed by atoms with Crippen molar-refractivity contribution in [3.8, 4) is 0 Å². The van der Waals surface area contributed by atoms with E-state index in [4.69, 9.17) is 0 Å². The van der Waals surface area contributed by atoms with Gasteiger partial charge in [-0.05, 0) is 24.7 Å². The first-order valence-electron chi connectivity index (χ1n) is 7.31. The minimum absolute atomic E-state index is 0.333. The summed E-state index contributed by atoms with van der Waals surface area (Å²) in [6.45, 7) is 4.41. The average molecular weight is 278 g/mol. The summed E-state index contributed by atoms with van der Waals surface area (Å²) in [5.74, 6) is 0.879. The lowest BCUT2D eigenvalue weighted by molar-refractivity contribution is 0.0797. The van der Waals surface area contributed by atoms with Gasteiger partial charge in [0.2, 0.25) is 0 Å². The highest BCUT2D eigenvalue weighted by Crippen LogP contribution is 2.40. The van der Waals surface area contributed by atoms with Crippen LogP contribution in [0.25, 0.3) is 4.83 Å². The summed E-state index contributed by atoms with van der Waals surface area (Å²) in [5, 5.41) is 10.8. The van der Waals surface area contributed by atoms with Gasteiger partial charge in [-0.3, -0.25) is 4.40 Å². The number of imidazole rings is 1. The fraction of sp³-hybridized carbons (Fsp3) is 0.667. The van der Waals surface area contributed by atoms with Crippen LogP contribution in [-0.2, 0) is 0 Å². The van der Waals surface area contributed by atoms with Gasteiger partial charge < -0.3 is 5.11 Å². The highest BCUT2D eigenvalue weighted by atomic mass is 32.1. The van der Waals surface area contributed by atoms with Crippen molar-refractivity contribution in [2.24, 2.45) is 5.92 Å². The maximum absolute atomic E-state index is 10.8. The van der Waals surface area contributed by atoms with E-state index < -0.39 is 0 Å². The van der Waals surface area contributed by atoms with Gasteiger partial charge >= 0.3 is 0 Å². The van der Waals surface area contributed by atoms with Crippen molar-refractivity contribution in [2.75, 3.05) is 0 Å². The van der Waals surface area contributed by atoms with Gasteiger partial charge in [-0.1, -0.05) is 33.1 Å². The van der Waals surface area contributed by atoms with Gasteiger partial charge in [0.05, 0.1) is 18.0 Å². The number of aliphatic hydroxyl groups is 1. The number of aliphatic hydroxyl groups excluding tert-OH is 1. The van der Waals surface area contributed by atoms with E-state index in [9.17, 15) is 5.11 Å². The summed E-state index contributed by atoms with van der Waals surface area (Å²) in [4.78, 5) is 6.67. The Morgan fingerprint density at radius 1 is 1.32 bits per heavy atom. The first-order valence-corrected chi connectivity index (χ1v) is 8.13. The summed E-state index contributed by atoms with van der Waals surface area (Å²) in [6, 6.07) is 0. The topological polar surface area (TPSA) is 37.5 Å². The van der Waals surface area contributed by atoms with E-state index in [-0.39, 0.29) is 6.10 Å². The van der Waals surface area contributed by atoms with Crippen LogP contribution < -0.4 is 0 Å². The zero-order chi connectivity index (χ0) is 13.4. The van der Waals surface area contributed by atoms with Gasteiger partial charge in [0.25, 0.3) is 0 Å². The zero-order valence-corrected chi connectivity index (χ0v) is 12.5. The van der Waals surface area contributed by atoms with Crippen LogP contribution in [0.2, 0.25) is 0 Å². The Hall–Kier alpha value is -0.870. The zero-order valence-electron chi connectivity index (χ0n) is 11.7. The van der Waals surface area contributed by atoms with Crippen molar-refractivity contribution in [1.82, 2.24) is 9.38 Å². The lowest BCUT2D eigenvalue weighted by Gasteiger charge is -2.27. The number of nitrogens with zero attached hydrogens (tertiary/aromatic N) is 2. The molecule has 2 aromatic heterocycles. The third-order valence-corrected chi connectivity index (χ3v) is 5.64. The highest BCUT2D eigenvalue weighted by molar-refractivity contribution is 7.17. The molecule has 1 atom stereocenters. The van der Waals surface area contributed by atoms with Crippen LogP contribution in [-0.4, -0.2) is 14.5 Å². The first-order chi connectivity index (χ1) is 9.18. The minimum atomic E-state index is -0.333. The van der Waals surface area contributed by atoms with Crippen LogP contribution in [0.4, 0.5) is 0 Å². The largest absolute Gasteiger partial charge is 0.387 e. The molecule has 3 nitrogen and oxygen atoms in total. The third-order valence-electron chi connectivity index (χ3n) is 4.23. The molecule has 2 aromatic rings. The number of hydrogen-bond donors (Lipinski definition) is 1. The van der Waals surface area contributed by atoms with E-state index in [0.29, 0.717) is 11.8 Å². The SMILES string of the molecule is CC(C)c1sc2cncn2c1[C@@H](O)C1CCCCC1. The van der Waals surface area contributed by atoms with Crippen LogP contribution in [0.5, 0.6) is 0 Å². The molecule has 0 spiro atoms. The predicted molar refractivity (Wildman–Crippen MR) is 78.7 cm³/mol. The lowest BCUT2D eigenvalue weighted by atomic mass is 9.83. The lowest BCUT2D eigenvalue weighted by Crippen LogP contribution is -2.18. The Morgan fingerprint density at radius 2 is 2.05 bits per heavy atom. The van der Waals surface area contributed by atoms with Gasteiger partial charge in [0, 0.05) is 4.88 Å². The number of rotatable bonds is 3. The Kier molecular flexibility index (Phi) is 3.63. The fourth-order valence-electron chi connectivity index (χ4n) is 3.20. The van der Waals surface area contributed by atoms with Crippen LogP contribution in [0, 0.1) is 5.92 Å². The molecule has 1 N–H and O–H groups in total. The number of thiazole rings is 1. The molecule has 0 unspecified atom stereocenters. The monoisotopic (exact) mass is 278 g/mol.